The smallest absolute Gasteiger partial charge is 0.320 e. The lowest BCUT2D eigenvalue weighted by Gasteiger charge is -2.38. The van der Waals surface area contributed by atoms with E-state index < -0.39 is 0 Å². The molecule has 0 spiro atoms. The molecular weight excluding hydrogens is 414 g/mol. The van der Waals surface area contributed by atoms with Gasteiger partial charge in [-0.2, -0.15) is 5.10 Å². The molecule has 5 rings (SSSR count). The molecule has 31 heavy (non-hydrogen) atoms. The topological polar surface area (TPSA) is 70.9 Å². The predicted octanol–water partition coefficient (Wildman–Crippen LogP) is 2.61. The van der Waals surface area contributed by atoms with Gasteiger partial charge in [-0.25, -0.2) is 9.48 Å². The molecule has 8 nitrogen and oxygen atoms in total. The first kappa shape index (κ1) is 20.0. The van der Waals surface area contributed by atoms with Gasteiger partial charge in [-0.3, -0.25) is 4.79 Å². The van der Waals surface area contributed by atoms with E-state index in [0.29, 0.717) is 57.4 Å². The van der Waals surface area contributed by atoms with E-state index in [-0.39, 0.29) is 11.9 Å². The molecule has 9 heteroatoms. The van der Waals surface area contributed by atoms with Crippen molar-refractivity contribution in [1.29, 1.82) is 0 Å². The highest BCUT2D eigenvalue weighted by atomic mass is 32.1. The number of hydrogen-bond acceptors (Lipinski definition) is 5. The van der Waals surface area contributed by atoms with Crippen LogP contribution in [0.1, 0.15) is 15.4 Å². The Balaban J connectivity index is 1.29. The Bertz CT molecular complexity index is 1100. The molecule has 0 unspecified atom stereocenters. The minimum absolute atomic E-state index is 0.0266. The first-order chi connectivity index (χ1) is 15.1. The number of thiophene rings is 1. The van der Waals surface area contributed by atoms with E-state index in [0.717, 1.165) is 21.6 Å². The van der Waals surface area contributed by atoms with Crippen LogP contribution in [0.5, 0.6) is 0 Å². The second-order valence-corrected chi connectivity index (χ2v) is 8.85. The number of para-hydroxylation sites is 1. The lowest BCUT2D eigenvalue weighted by Crippen LogP contribution is -2.55. The van der Waals surface area contributed by atoms with Crippen molar-refractivity contribution < 1.29 is 14.3 Å². The summed E-state index contributed by atoms with van der Waals surface area (Å²) in [5, 5.41) is 5.66. The number of amides is 3. The molecule has 3 amide bonds. The van der Waals surface area contributed by atoms with E-state index >= 15 is 0 Å². The van der Waals surface area contributed by atoms with Crippen LogP contribution in [-0.2, 0) is 4.74 Å². The molecule has 2 aromatic heterocycles. The second-order valence-electron chi connectivity index (χ2n) is 7.82. The number of piperazine rings is 1. The summed E-state index contributed by atoms with van der Waals surface area (Å²) in [5.41, 5.74) is 1.90. The summed E-state index contributed by atoms with van der Waals surface area (Å²) in [6, 6.07) is 12.0. The van der Waals surface area contributed by atoms with Gasteiger partial charge in [-0.15, -0.1) is 11.3 Å². The van der Waals surface area contributed by atoms with Crippen molar-refractivity contribution >= 4 is 33.5 Å². The number of ether oxygens (including phenoxy) is 1. The highest BCUT2D eigenvalue weighted by Gasteiger charge is 2.29. The lowest BCUT2D eigenvalue weighted by atomic mass is 10.2. The molecule has 2 fully saturated rings. The van der Waals surface area contributed by atoms with Crippen molar-refractivity contribution in [2.45, 2.75) is 6.92 Å². The van der Waals surface area contributed by atoms with E-state index in [4.69, 9.17) is 4.74 Å². The zero-order valence-electron chi connectivity index (χ0n) is 17.5. The molecule has 2 aliphatic rings. The van der Waals surface area contributed by atoms with Crippen LogP contribution in [0.2, 0.25) is 0 Å². The number of hydrogen-bond donors (Lipinski definition) is 0. The molecule has 0 bridgehead atoms. The van der Waals surface area contributed by atoms with E-state index in [1.807, 2.05) is 62.7 Å². The summed E-state index contributed by atoms with van der Waals surface area (Å²) in [4.78, 5) is 33.1. The fraction of sp³-hybridized carbons (Fsp3) is 0.409. The van der Waals surface area contributed by atoms with E-state index in [2.05, 4.69) is 5.10 Å². The van der Waals surface area contributed by atoms with Crippen LogP contribution in [0.3, 0.4) is 0 Å². The van der Waals surface area contributed by atoms with Crippen molar-refractivity contribution in [1.82, 2.24) is 24.5 Å². The van der Waals surface area contributed by atoms with Gasteiger partial charge in [0.05, 0.1) is 29.5 Å². The van der Waals surface area contributed by atoms with E-state index in [9.17, 15) is 9.59 Å². The number of aromatic nitrogens is 2. The Morgan fingerprint density at radius 2 is 1.58 bits per heavy atom. The zero-order chi connectivity index (χ0) is 21.4. The van der Waals surface area contributed by atoms with Crippen molar-refractivity contribution in [3.63, 3.8) is 0 Å². The SMILES string of the molecule is Cc1nn(-c2ccccc2)c2sc(C(=O)N3CCN(C(=O)N4CCOCC4)CC3)cc12. The van der Waals surface area contributed by atoms with Crippen LogP contribution >= 0.6 is 11.3 Å². The Morgan fingerprint density at radius 1 is 0.935 bits per heavy atom. The quantitative estimate of drug-likeness (QED) is 0.616. The van der Waals surface area contributed by atoms with Gasteiger partial charge in [0.2, 0.25) is 0 Å². The molecule has 2 aliphatic heterocycles. The average Bonchev–Trinajstić information content (AvgIpc) is 3.40. The molecule has 2 saturated heterocycles. The highest BCUT2D eigenvalue weighted by Crippen LogP contribution is 2.31. The number of carbonyl (C=O) groups is 2. The first-order valence-corrected chi connectivity index (χ1v) is 11.4. The molecule has 0 atom stereocenters. The summed E-state index contributed by atoms with van der Waals surface area (Å²) in [5.74, 6) is 0.0266. The Kier molecular flexibility index (Phi) is 5.37. The summed E-state index contributed by atoms with van der Waals surface area (Å²) in [6.07, 6.45) is 0. The normalized spacial score (nSPS) is 17.4. The monoisotopic (exact) mass is 439 g/mol. The van der Waals surface area contributed by atoms with Crippen molar-refractivity contribution in [3.8, 4) is 5.69 Å². The third-order valence-electron chi connectivity index (χ3n) is 5.88. The minimum Gasteiger partial charge on any atom is -0.378 e. The zero-order valence-corrected chi connectivity index (χ0v) is 18.3. The molecule has 1 aromatic carbocycles. The van der Waals surface area contributed by atoms with Crippen LogP contribution < -0.4 is 0 Å². The number of urea groups is 1. The number of aryl methyl sites for hydroxylation is 1. The molecule has 0 saturated carbocycles. The maximum atomic E-state index is 13.2. The highest BCUT2D eigenvalue weighted by molar-refractivity contribution is 7.20. The molecule has 0 N–H and O–H groups in total. The standard InChI is InChI=1S/C22H25N5O3S/c1-16-18-15-19(31-21(18)27(23-16)17-5-3-2-4-6-17)20(28)24-7-9-25(10-8-24)22(29)26-11-13-30-14-12-26/h2-6,15H,7-14H2,1H3. The number of fused-ring (bicyclic) bond motifs is 1. The molecule has 0 aliphatic carbocycles. The van der Waals surface area contributed by atoms with E-state index in [1.54, 1.807) is 0 Å². The maximum absolute atomic E-state index is 13.2. The third-order valence-corrected chi connectivity index (χ3v) is 6.97. The van der Waals surface area contributed by atoms with Gasteiger partial charge in [-0.1, -0.05) is 18.2 Å². The Hall–Kier alpha value is -2.91. The summed E-state index contributed by atoms with van der Waals surface area (Å²) < 4.78 is 7.24. The maximum Gasteiger partial charge on any atom is 0.320 e. The van der Waals surface area contributed by atoms with Gasteiger partial charge >= 0.3 is 6.03 Å². The number of benzene rings is 1. The van der Waals surface area contributed by atoms with E-state index in [1.165, 1.54) is 11.3 Å². The summed E-state index contributed by atoms with van der Waals surface area (Å²) in [7, 11) is 0. The van der Waals surface area contributed by atoms with Crippen molar-refractivity contribution in [3.05, 3.63) is 47.0 Å². The van der Waals surface area contributed by atoms with Crippen LogP contribution in [0.15, 0.2) is 36.4 Å². The lowest BCUT2D eigenvalue weighted by molar-refractivity contribution is 0.0363. The molecule has 162 valence electrons. The van der Waals surface area contributed by atoms with Gasteiger partial charge < -0.3 is 19.4 Å². The predicted molar refractivity (Wildman–Crippen MR) is 119 cm³/mol. The summed E-state index contributed by atoms with van der Waals surface area (Å²) >= 11 is 1.48. The van der Waals surface area contributed by atoms with Gasteiger partial charge in [0.15, 0.2) is 0 Å². The first-order valence-electron chi connectivity index (χ1n) is 10.6. The van der Waals surface area contributed by atoms with Gasteiger partial charge in [0, 0.05) is 44.7 Å². The average molecular weight is 440 g/mol. The van der Waals surface area contributed by atoms with Gasteiger partial charge in [-0.05, 0) is 25.1 Å². The van der Waals surface area contributed by atoms with Crippen molar-refractivity contribution in [2.75, 3.05) is 52.5 Å². The molecular formula is C22H25N5O3S. The minimum atomic E-state index is 0.0266. The van der Waals surface area contributed by atoms with Crippen LogP contribution in [-0.4, -0.2) is 88.9 Å². The number of carbonyl (C=O) groups excluding carboxylic acids is 2. The van der Waals surface area contributed by atoms with Gasteiger partial charge in [0.1, 0.15) is 4.83 Å². The Morgan fingerprint density at radius 3 is 2.29 bits per heavy atom. The third kappa shape index (κ3) is 3.79. The van der Waals surface area contributed by atoms with Crippen LogP contribution in [0, 0.1) is 6.92 Å². The Labute approximate surface area is 184 Å². The summed E-state index contributed by atoms with van der Waals surface area (Å²) in [6.45, 7) is 6.65. The number of nitrogens with zero attached hydrogens (tertiary/aromatic N) is 5. The van der Waals surface area contributed by atoms with Crippen molar-refractivity contribution in [2.24, 2.45) is 0 Å². The fourth-order valence-corrected chi connectivity index (χ4v) is 5.26. The molecule has 3 aromatic rings. The largest absolute Gasteiger partial charge is 0.378 e. The molecule has 0 radical (unpaired) electrons. The fourth-order valence-electron chi connectivity index (χ4n) is 4.11. The van der Waals surface area contributed by atoms with Crippen LogP contribution in [0.25, 0.3) is 15.9 Å². The molecule has 4 heterocycles. The number of rotatable bonds is 2. The second kappa shape index (κ2) is 8.32. The van der Waals surface area contributed by atoms with Crippen LogP contribution in [0.4, 0.5) is 4.79 Å². The van der Waals surface area contributed by atoms with Gasteiger partial charge in [0.25, 0.3) is 5.91 Å². The number of morpholine rings is 1.